The first-order valence-corrected chi connectivity index (χ1v) is 10.4. The second-order valence-corrected chi connectivity index (χ2v) is 7.73. The fourth-order valence-electron chi connectivity index (χ4n) is 3.77. The summed E-state index contributed by atoms with van der Waals surface area (Å²) in [5, 5.41) is 3.71. The van der Waals surface area contributed by atoms with Crippen LogP contribution in [0.15, 0.2) is 12.3 Å². The number of anilines is 1. The molecule has 2 aliphatic rings. The zero-order valence-corrected chi connectivity index (χ0v) is 16.3. The quantitative estimate of drug-likeness (QED) is 0.583. The second-order valence-electron chi connectivity index (χ2n) is 7.32. The summed E-state index contributed by atoms with van der Waals surface area (Å²) < 4.78 is 5.97. The molecular formula is C20H30ClN3O2. The van der Waals surface area contributed by atoms with E-state index in [1.807, 2.05) is 4.90 Å². The van der Waals surface area contributed by atoms with Gasteiger partial charge in [-0.1, -0.05) is 37.3 Å². The van der Waals surface area contributed by atoms with Gasteiger partial charge in [-0.05, 0) is 38.2 Å². The summed E-state index contributed by atoms with van der Waals surface area (Å²) in [5.41, 5.74) is 0.567. The average Bonchev–Trinajstić information content (AvgIpc) is 2.95. The summed E-state index contributed by atoms with van der Waals surface area (Å²) in [6.45, 7) is 2.98. The number of pyridine rings is 1. The molecule has 0 radical (unpaired) electrons. The number of hydrogen-bond donors (Lipinski definition) is 1. The first-order valence-electron chi connectivity index (χ1n) is 10.0. The molecule has 1 aliphatic carbocycles. The van der Waals surface area contributed by atoms with Gasteiger partial charge in [-0.15, -0.1) is 0 Å². The topological polar surface area (TPSA) is 54.5 Å². The minimum absolute atomic E-state index is 0.0300. The maximum absolute atomic E-state index is 12.5. The number of aromatic nitrogens is 1. The number of ether oxygens (including phenoxy) is 1. The number of piperidine rings is 1. The van der Waals surface area contributed by atoms with Crippen LogP contribution in [0.1, 0.15) is 68.1 Å². The minimum Gasteiger partial charge on any atom is -0.376 e. The Morgan fingerprint density at radius 2 is 1.85 bits per heavy atom. The molecule has 6 heteroatoms. The van der Waals surface area contributed by atoms with Crippen LogP contribution in [0.5, 0.6) is 0 Å². The number of carbonyl (C=O) groups excluding carboxylic acids is 1. The maximum Gasteiger partial charge on any atom is 0.255 e. The van der Waals surface area contributed by atoms with Crippen molar-refractivity contribution in [2.24, 2.45) is 0 Å². The summed E-state index contributed by atoms with van der Waals surface area (Å²) >= 11 is 6.33. The molecule has 1 saturated heterocycles. The van der Waals surface area contributed by atoms with Crippen molar-refractivity contribution in [3.8, 4) is 0 Å². The van der Waals surface area contributed by atoms with Gasteiger partial charge in [0.1, 0.15) is 5.82 Å². The summed E-state index contributed by atoms with van der Waals surface area (Å²) in [4.78, 5) is 18.8. The summed E-state index contributed by atoms with van der Waals surface area (Å²) in [5.74, 6) is 0.647. The molecule has 0 unspecified atom stereocenters. The van der Waals surface area contributed by atoms with Crippen molar-refractivity contribution in [1.29, 1.82) is 0 Å². The Hall–Kier alpha value is -1.33. The van der Waals surface area contributed by atoms with Gasteiger partial charge in [-0.2, -0.15) is 0 Å². The van der Waals surface area contributed by atoms with Gasteiger partial charge in [-0.3, -0.25) is 4.79 Å². The molecule has 1 aromatic rings. The van der Waals surface area contributed by atoms with E-state index in [1.165, 1.54) is 44.9 Å². The van der Waals surface area contributed by atoms with Crippen LogP contribution in [-0.2, 0) is 4.74 Å². The van der Waals surface area contributed by atoms with Gasteiger partial charge < -0.3 is 15.0 Å². The van der Waals surface area contributed by atoms with Gasteiger partial charge in [0.25, 0.3) is 5.91 Å². The lowest BCUT2D eigenvalue weighted by Crippen LogP contribution is -2.35. The third-order valence-corrected chi connectivity index (χ3v) is 5.57. The van der Waals surface area contributed by atoms with Crippen molar-refractivity contribution in [3.63, 3.8) is 0 Å². The van der Waals surface area contributed by atoms with Crippen LogP contribution in [0, 0.1) is 0 Å². The first kappa shape index (κ1) is 19.4. The zero-order valence-electron chi connectivity index (χ0n) is 15.5. The molecule has 26 heavy (non-hydrogen) atoms. The Bertz CT molecular complexity index is 582. The lowest BCUT2D eigenvalue weighted by atomic mass is 10.1. The van der Waals surface area contributed by atoms with Crippen molar-refractivity contribution in [2.45, 2.75) is 63.9 Å². The molecule has 1 amide bonds. The number of hydrogen-bond acceptors (Lipinski definition) is 4. The highest BCUT2D eigenvalue weighted by atomic mass is 35.5. The smallest absolute Gasteiger partial charge is 0.255 e. The fraction of sp³-hybridized carbons (Fsp3) is 0.700. The van der Waals surface area contributed by atoms with Crippen LogP contribution in [0.4, 0.5) is 5.82 Å². The summed E-state index contributed by atoms with van der Waals surface area (Å²) in [7, 11) is 0. The fourth-order valence-corrected chi connectivity index (χ4v) is 4.00. The van der Waals surface area contributed by atoms with Crippen LogP contribution in [0.3, 0.4) is 0 Å². The Labute approximate surface area is 161 Å². The van der Waals surface area contributed by atoms with Crippen LogP contribution < -0.4 is 5.32 Å². The minimum atomic E-state index is 0.0300. The standard InChI is InChI=1S/C20H30ClN3O2/c21-18-14-16(20(25)24-11-6-3-7-12-24)15-23-19(18)22-10-13-26-17-8-4-1-2-5-9-17/h14-15,17H,1-13H2,(H,22,23). The maximum atomic E-state index is 12.5. The lowest BCUT2D eigenvalue weighted by molar-refractivity contribution is 0.0501. The number of nitrogens with zero attached hydrogens (tertiary/aromatic N) is 2. The molecule has 1 aromatic heterocycles. The van der Waals surface area contributed by atoms with E-state index in [1.54, 1.807) is 12.3 Å². The molecule has 3 rings (SSSR count). The molecule has 0 bridgehead atoms. The third kappa shape index (κ3) is 5.58. The van der Waals surface area contributed by atoms with E-state index in [4.69, 9.17) is 16.3 Å². The van der Waals surface area contributed by atoms with Crippen molar-refractivity contribution < 1.29 is 9.53 Å². The Kier molecular flexibility index (Phi) is 7.56. The predicted molar refractivity (Wildman–Crippen MR) is 105 cm³/mol. The van der Waals surface area contributed by atoms with E-state index in [0.29, 0.717) is 35.7 Å². The number of rotatable bonds is 6. The number of amides is 1. The van der Waals surface area contributed by atoms with Crippen molar-refractivity contribution in [2.75, 3.05) is 31.6 Å². The van der Waals surface area contributed by atoms with Crippen molar-refractivity contribution >= 4 is 23.3 Å². The number of halogens is 1. The summed E-state index contributed by atoms with van der Waals surface area (Å²) in [6.07, 6.45) is 12.9. The first-order chi connectivity index (χ1) is 12.7. The molecule has 0 spiro atoms. The molecular weight excluding hydrogens is 350 g/mol. The highest BCUT2D eigenvalue weighted by Gasteiger charge is 2.19. The van der Waals surface area contributed by atoms with E-state index in [9.17, 15) is 4.79 Å². The molecule has 0 aromatic carbocycles. The molecule has 0 atom stereocenters. The Morgan fingerprint density at radius 3 is 2.54 bits per heavy atom. The molecule has 144 valence electrons. The number of carbonyl (C=O) groups is 1. The van der Waals surface area contributed by atoms with Crippen LogP contribution in [0.2, 0.25) is 5.02 Å². The largest absolute Gasteiger partial charge is 0.376 e. The van der Waals surface area contributed by atoms with Crippen molar-refractivity contribution in [3.05, 3.63) is 22.8 Å². The molecule has 2 fully saturated rings. The third-order valence-electron chi connectivity index (χ3n) is 5.28. The monoisotopic (exact) mass is 379 g/mol. The van der Waals surface area contributed by atoms with Gasteiger partial charge in [0.05, 0.1) is 23.3 Å². The predicted octanol–water partition coefficient (Wildman–Crippen LogP) is 4.51. The van der Waals surface area contributed by atoms with Gasteiger partial charge in [-0.25, -0.2) is 4.98 Å². The second kappa shape index (κ2) is 10.1. The van der Waals surface area contributed by atoms with E-state index in [-0.39, 0.29) is 5.91 Å². The highest BCUT2D eigenvalue weighted by molar-refractivity contribution is 6.33. The van der Waals surface area contributed by atoms with E-state index < -0.39 is 0 Å². The molecule has 1 N–H and O–H groups in total. The van der Waals surface area contributed by atoms with E-state index in [2.05, 4.69) is 10.3 Å². The Balaban J connectivity index is 1.45. The van der Waals surface area contributed by atoms with Gasteiger partial charge in [0.2, 0.25) is 0 Å². The van der Waals surface area contributed by atoms with Gasteiger partial charge in [0, 0.05) is 25.8 Å². The summed E-state index contributed by atoms with van der Waals surface area (Å²) in [6, 6.07) is 1.72. The zero-order chi connectivity index (χ0) is 18.2. The molecule has 5 nitrogen and oxygen atoms in total. The van der Waals surface area contributed by atoms with Gasteiger partial charge >= 0.3 is 0 Å². The van der Waals surface area contributed by atoms with Crippen LogP contribution >= 0.6 is 11.6 Å². The Morgan fingerprint density at radius 1 is 1.15 bits per heavy atom. The normalized spacial score (nSPS) is 19.2. The SMILES string of the molecule is O=C(c1cnc(NCCOC2CCCCCC2)c(Cl)c1)N1CCCCC1. The van der Waals surface area contributed by atoms with Crippen LogP contribution in [0.25, 0.3) is 0 Å². The molecule has 1 aliphatic heterocycles. The van der Waals surface area contributed by atoms with Gasteiger partial charge in [0.15, 0.2) is 0 Å². The highest BCUT2D eigenvalue weighted by Crippen LogP contribution is 2.22. The van der Waals surface area contributed by atoms with E-state index in [0.717, 1.165) is 25.9 Å². The number of nitrogens with one attached hydrogen (secondary N) is 1. The lowest BCUT2D eigenvalue weighted by Gasteiger charge is -2.26. The molecule has 2 heterocycles. The van der Waals surface area contributed by atoms with E-state index >= 15 is 0 Å². The molecule has 1 saturated carbocycles. The number of likely N-dealkylation sites (tertiary alicyclic amines) is 1. The van der Waals surface area contributed by atoms with Crippen molar-refractivity contribution in [1.82, 2.24) is 9.88 Å². The van der Waals surface area contributed by atoms with Crippen LogP contribution in [-0.4, -0.2) is 48.1 Å². The average molecular weight is 380 g/mol.